The number of furan rings is 1. The van der Waals surface area contributed by atoms with Gasteiger partial charge in [0, 0.05) is 5.56 Å². The first-order valence-electron chi connectivity index (χ1n) is 10.6. The normalized spacial score (nSPS) is 17.6. The number of aliphatic hydroxyl groups is 1. The Morgan fingerprint density at radius 2 is 1.82 bits per heavy atom. The molecule has 7 nitrogen and oxygen atoms in total. The molecular formula is C26H25NO6. The van der Waals surface area contributed by atoms with E-state index in [1.54, 1.807) is 67.6 Å². The molecule has 170 valence electrons. The Morgan fingerprint density at radius 1 is 1.06 bits per heavy atom. The maximum absolute atomic E-state index is 13.2. The summed E-state index contributed by atoms with van der Waals surface area (Å²) in [6.45, 7) is 5.56. The Labute approximate surface area is 191 Å². The number of aliphatic hydroxyl groups excluding tert-OH is 1. The summed E-state index contributed by atoms with van der Waals surface area (Å²) in [6, 6.07) is 16.1. The van der Waals surface area contributed by atoms with Crippen molar-refractivity contribution in [1.29, 1.82) is 0 Å². The SMILES string of the molecule is COc1ccccc1N1C(=O)C(=O)/C(=C(\O)c2cccc(OC(C)C)c2)C1c1ccc(C)o1. The van der Waals surface area contributed by atoms with Crippen LogP contribution >= 0.6 is 0 Å². The van der Waals surface area contributed by atoms with Gasteiger partial charge in [0.1, 0.15) is 34.8 Å². The average molecular weight is 447 g/mol. The van der Waals surface area contributed by atoms with Crippen LogP contribution in [0.25, 0.3) is 5.76 Å². The molecule has 1 unspecified atom stereocenters. The minimum Gasteiger partial charge on any atom is -0.507 e. The molecule has 1 atom stereocenters. The number of amides is 1. The van der Waals surface area contributed by atoms with Crippen LogP contribution in [-0.4, -0.2) is 30.0 Å². The van der Waals surface area contributed by atoms with Crippen molar-refractivity contribution >= 4 is 23.1 Å². The van der Waals surface area contributed by atoms with E-state index < -0.39 is 17.7 Å². The van der Waals surface area contributed by atoms with Crippen molar-refractivity contribution in [2.45, 2.75) is 32.9 Å². The van der Waals surface area contributed by atoms with Gasteiger partial charge < -0.3 is 19.0 Å². The molecule has 1 aromatic heterocycles. The van der Waals surface area contributed by atoms with Crippen molar-refractivity contribution in [3.63, 3.8) is 0 Å². The van der Waals surface area contributed by atoms with E-state index in [-0.39, 0.29) is 17.4 Å². The van der Waals surface area contributed by atoms with Crippen molar-refractivity contribution in [3.8, 4) is 11.5 Å². The molecule has 0 bridgehead atoms. The lowest BCUT2D eigenvalue weighted by Crippen LogP contribution is -2.29. The number of para-hydroxylation sites is 2. The lowest BCUT2D eigenvalue weighted by atomic mass is 9.99. The van der Waals surface area contributed by atoms with Crippen molar-refractivity contribution in [3.05, 3.63) is 83.3 Å². The predicted molar refractivity (Wildman–Crippen MR) is 123 cm³/mol. The number of methoxy groups -OCH3 is 1. The molecule has 1 amide bonds. The number of hydrogen-bond donors (Lipinski definition) is 1. The van der Waals surface area contributed by atoms with Crippen LogP contribution in [0.4, 0.5) is 5.69 Å². The zero-order chi connectivity index (χ0) is 23.7. The van der Waals surface area contributed by atoms with Gasteiger partial charge in [-0.05, 0) is 57.2 Å². The molecule has 7 heteroatoms. The second kappa shape index (κ2) is 8.86. The number of hydrogen-bond acceptors (Lipinski definition) is 6. The third kappa shape index (κ3) is 4.09. The smallest absolute Gasteiger partial charge is 0.300 e. The topological polar surface area (TPSA) is 89.2 Å². The molecule has 3 aromatic rings. The molecule has 1 N–H and O–H groups in total. The molecule has 1 fully saturated rings. The Balaban J connectivity index is 1.91. The van der Waals surface area contributed by atoms with Crippen molar-refractivity contribution in [1.82, 2.24) is 0 Å². The Bertz CT molecular complexity index is 1240. The second-order valence-electron chi connectivity index (χ2n) is 7.98. The summed E-state index contributed by atoms with van der Waals surface area (Å²) in [5.41, 5.74) is 0.693. The van der Waals surface area contributed by atoms with E-state index in [9.17, 15) is 14.7 Å². The first kappa shape index (κ1) is 22.2. The van der Waals surface area contributed by atoms with E-state index in [1.165, 1.54) is 12.0 Å². The summed E-state index contributed by atoms with van der Waals surface area (Å²) >= 11 is 0. The highest BCUT2D eigenvalue weighted by molar-refractivity contribution is 6.51. The van der Waals surface area contributed by atoms with Gasteiger partial charge in [-0.15, -0.1) is 0 Å². The summed E-state index contributed by atoms with van der Waals surface area (Å²) in [5.74, 6) is 0.0245. The zero-order valence-electron chi connectivity index (χ0n) is 18.9. The van der Waals surface area contributed by atoms with Gasteiger partial charge in [-0.3, -0.25) is 14.5 Å². The molecule has 2 aromatic carbocycles. The predicted octanol–water partition coefficient (Wildman–Crippen LogP) is 5.01. The highest BCUT2D eigenvalue weighted by atomic mass is 16.5. The minimum atomic E-state index is -0.968. The monoisotopic (exact) mass is 447 g/mol. The highest BCUT2D eigenvalue weighted by Gasteiger charge is 2.49. The Hall–Kier alpha value is -4.00. The molecule has 1 saturated heterocycles. The number of ether oxygens (including phenoxy) is 2. The van der Waals surface area contributed by atoms with Gasteiger partial charge >= 0.3 is 0 Å². The summed E-state index contributed by atoms with van der Waals surface area (Å²) in [7, 11) is 1.49. The van der Waals surface area contributed by atoms with Gasteiger partial charge in [-0.1, -0.05) is 24.3 Å². The maximum Gasteiger partial charge on any atom is 0.300 e. The van der Waals surface area contributed by atoms with E-state index in [0.717, 1.165) is 0 Å². The molecule has 0 radical (unpaired) electrons. The number of Topliss-reactive ketones (excluding diaryl/α,β-unsaturated/α-hetero) is 1. The summed E-state index contributed by atoms with van der Waals surface area (Å²) in [5, 5.41) is 11.2. The van der Waals surface area contributed by atoms with Crippen molar-refractivity contribution < 1.29 is 28.6 Å². The Morgan fingerprint density at radius 3 is 2.48 bits per heavy atom. The summed E-state index contributed by atoms with van der Waals surface area (Å²) in [6.07, 6.45) is -0.0652. The molecule has 1 aliphatic heterocycles. The fourth-order valence-electron chi connectivity index (χ4n) is 3.92. The van der Waals surface area contributed by atoms with E-state index in [4.69, 9.17) is 13.9 Å². The van der Waals surface area contributed by atoms with Gasteiger partial charge in [0.2, 0.25) is 0 Å². The van der Waals surface area contributed by atoms with Crippen LogP contribution in [0.5, 0.6) is 11.5 Å². The van der Waals surface area contributed by atoms with Crippen LogP contribution in [0.15, 0.2) is 70.7 Å². The number of anilines is 1. The number of nitrogens with zero attached hydrogens (tertiary/aromatic N) is 1. The molecular weight excluding hydrogens is 422 g/mol. The van der Waals surface area contributed by atoms with E-state index >= 15 is 0 Å². The number of ketones is 1. The van der Waals surface area contributed by atoms with E-state index in [2.05, 4.69) is 0 Å². The molecule has 0 aliphatic carbocycles. The van der Waals surface area contributed by atoms with Gasteiger partial charge in [0.25, 0.3) is 11.7 Å². The van der Waals surface area contributed by atoms with E-state index in [0.29, 0.717) is 34.3 Å². The van der Waals surface area contributed by atoms with Crippen LogP contribution in [0.3, 0.4) is 0 Å². The third-order valence-electron chi connectivity index (χ3n) is 5.30. The zero-order valence-corrected chi connectivity index (χ0v) is 18.9. The standard InChI is InChI=1S/C26H25NO6/c1-15(2)32-18-9-7-8-17(14-18)24(28)22-23(21-13-12-16(3)33-21)27(26(30)25(22)29)19-10-5-6-11-20(19)31-4/h5-15,23,28H,1-4H3/b24-22-. The van der Waals surface area contributed by atoms with Gasteiger partial charge in [0.05, 0.1) is 24.5 Å². The van der Waals surface area contributed by atoms with Gasteiger partial charge in [0.15, 0.2) is 0 Å². The molecule has 4 rings (SSSR count). The molecule has 33 heavy (non-hydrogen) atoms. The van der Waals surface area contributed by atoms with Crippen LogP contribution in [0, 0.1) is 6.92 Å². The lowest BCUT2D eigenvalue weighted by molar-refractivity contribution is -0.132. The quantitative estimate of drug-likeness (QED) is 0.325. The summed E-state index contributed by atoms with van der Waals surface area (Å²) in [4.78, 5) is 27.8. The van der Waals surface area contributed by atoms with Crippen LogP contribution in [-0.2, 0) is 9.59 Å². The van der Waals surface area contributed by atoms with Crippen molar-refractivity contribution in [2.24, 2.45) is 0 Å². The van der Waals surface area contributed by atoms with Crippen LogP contribution < -0.4 is 14.4 Å². The lowest BCUT2D eigenvalue weighted by Gasteiger charge is -2.25. The molecule has 1 aliphatic rings. The Kier molecular flexibility index (Phi) is 5.96. The molecule has 2 heterocycles. The van der Waals surface area contributed by atoms with Crippen molar-refractivity contribution in [2.75, 3.05) is 12.0 Å². The first-order chi connectivity index (χ1) is 15.8. The number of carbonyl (C=O) groups excluding carboxylic acids is 2. The summed E-state index contributed by atoms with van der Waals surface area (Å²) < 4.78 is 17.0. The fourth-order valence-corrected chi connectivity index (χ4v) is 3.92. The fraction of sp³-hybridized carbons (Fsp3) is 0.231. The average Bonchev–Trinajstić information content (AvgIpc) is 3.33. The van der Waals surface area contributed by atoms with E-state index in [1.807, 2.05) is 13.8 Å². The van der Waals surface area contributed by atoms with Crippen LogP contribution in [0.2, 0.25) is 0 Å². The van der Waals surface area contributed by atoms with Gasteiger partial charge in [-0.25, -0.2) is 0 Å². The minimum absolute atomic E-state index is 0.0652. The first-order valence-corrected chi connectivity index (χ1v) is 10.6. The number of carbonyl (C=O) groups is 2. The number of rotatable bonds is 6. The number of benzene rings is 2. The number of aryl methyl sites for hydroxylation is 1. The third-order valence-corrected chi connectivity index (χ3v) is 5.30. The molecule has 0 saturated carbocycles. The van der Waals surface area contributed by atoms with Gasteiger partial charge in [-0.2, -0.15) is 0 Å². The maximum atomic E-state index is 13.2. The van der Waals surface area contributed by atoms with Crippen LogP contribution in [0.1, 0.15) is 37.0 Å². The largest absolute Gasteiger partial charge is 0.507 e. The molecule has 0 spiro atoms. The highest BCUT2D eigenvalue weighted by Crippen LogP contribution is 2.45. The second-order valence-corrected chi connectivity index (χ2v) is 7.98.